The molecular formula is C16H24N2O2. The van der Waals surface area contributed by atoms with Crippen molar-refractivity contribution in [2.24, 2.45) is 0 Å². The lowest BCUT2D eigenvalue weighted by Gasteiger charge is -2.35. The van der Waals surface area contributed by atoms with Crippen molar-refractivity contribution >= 4 is 5.91 Å². The molecule has 1 N–H and O–H groups in total. The molecule has 1 atom stereocenters. The average Bonchev–Trinajstić information content (AvgIpc) is 2.52. The van der Waals surface area contributed by atoms with Crippen molar-refractivity contribution < 1.29 is 9.53 Å². The number of amides is 1. The van der Waals surface area contributed by atoms with Gasteiger partial charge in [0, 0.05) is 12.6 Å². The Balaban J connectivity index is 1.85. The molecule has 4 heteroatoms. The summed E-state index contributed by atoms with van der Waals surface area (Å²) in [5.74, 6) is 0.860. The van der Waals surface area contributed by atoms with E-state index in [1.165, 1.54) is 6.42 Å². The number of para-hydroxylation sites is 1. The molecule has 1 saturated heterocycles. The van der Waals surface area contributed by atoms with Crippen molar-refractivity contribution in [3.05, 3.63) is 30.3 Å². The van der Waals surface area contributed by atoms with Crippen LogP contribution in [0.1, 0.15) is 25.7 Å². The van der Waals surface area contributed by atoms with Gasteiger partial charge in [0.2, 0.25) is 0 Å². The highest BCUT2D eigenvalue weighted by molar-refractivity contribution is 5.78. The van der Waals surface area contributed by atoms with Crippen molar-refractivity contribution in [2.45, 2.75) is 31.7 Å². The summed E-state index contributed by atoms with van der Waals surface area (Å²) in [6.07, 6.45) is 4.46. The van der Waals surface area contributed by atoms with Gasteiger partial charge in [-0.25, -0.2) is 0 Å². The van der Waals surface area contributed by atoms with Crippen LogP contribution < -0.4 is 10.1 Å². The molecule has 1 fully saturated rings. The summed E-state index contributed by atoms with van der Waals surface area (Å²) in [5, 5.41) is 3.16. The monoisotopic (exact) mass is 276 g/mol. The minimum atomic E-state index is 0.106. The van der Waals surface area contributed by atoms with Gasteiger partial charge in [-0.1, -0.05) is 18.2 Å². The van der Waals surface area contributed by atoms with Gasteiger partial charge in [-0.15, -0.1) is 0 Å². The molecule has 0 bridgehead atoms. The van der Waals surface area contributed by atoms with Crippen molar-refractivity contribution in [1.82, 2.24) is 10.2 Å². The highest BCUT2D eigenvalue weighted by Gasteiger charge is 2.26. The SMILES string of the molecule is CNCCC1CCCCN1C(=O)COc1ccccc1. The van der Waals surface area contributed by atoms with Gasteiger partial charge in [0.1, 0.15) is 5.75 Å². The first-order chi connectivity index (χ1) is 9.81. The summed E-state index contributed by atoms with van der Waals surface area (Å²) in [7, 11) is 1.95. The first kappa shape index (κ1) is 14.9. The Kier molecular flexibility index (Phi) is 5.87. The second-order valence-electron chi connectivity index (χ2n) is 5.23. The molecule has 0 radical (unpaired) electrons. The number of nitrogens with one attached hydrogen (secondary N) is 1. The first-order valence-electron chi connectivity index (χ1n) is 7.43. The van der Waals surface area contributed by atoms with Crippen LogP contribution in [0.25, 0.3) is 0 Å². The maximum atomic E-state index is 12.3. The van der Waals surface area contributed by atoms with E-state index in [0.29, 0.717) is 6.04 Å². The fraction of sp³-hybridized carbons (Fsp3) is 0.562. The van der Waals surface area contributed by atoms with Gasteiger partial charge in [0.25, 0.3) is 5.91 Å². The lowest BCUT2D eigenvalue weighted by Crippen LogP contribution is -2.46. The van der Waals surface area contributed by atoms with E-state index in [1.54, 1.807) is 0 Å². The molecule has 1 aromatic rings. The van der Waals surface area contributed by atoms with E-state index in [0.717, 1.165) is 38.1 Å². The van der Waals surface area contributed by atoms with Crippen molar-refractivity contribution in [1.29, 1.82) is 0 Å². The Morgan fingerprint density at radius 3 is 2.90 bits per heavy atom. The standard InChI is InChI=1S/C16H24N2O2/c1-17-11-10-14-7-5-6-12-18(14)16(19)13-20-15-8-3-2-4-9-15/h2-4,8-9,14,17H,5-7,10-13H2,1H3. The zero-order chi connectivity index (χ0) is 14.2. The van der Waals surface area contributed by atoms with E-state index in [1.807, 2.05) is 42.3 Å². The van der Waals surface area contributed by atoms with E-state index in [-0.39, 0.29) is 12.5 Å². The van der Waals surface area contributed by atoms with Gasteiger partial charge in [-0.2, -0.15) is 0 Å². The Labute approximate surface area is 121 Å². The van der Waals surface area contributed by atoms with Gasteiger partial charge in [-0.3, -0.25) is 4.79 Å². The van der Waals surface area contributed by atoms with Crippen LogP contribution in [0.15, 0.2) is 30.3 Å². The lowest BCUT2D eigenvalue weighted by atomic mass is 9.99. The predicted octanol–water partition coefficient (Wildman–Crippen LogP) is 2.06. The quantitative estimate of drug-likeness (QED) is 0.864. The van der Waals surface area contributed by atoms with Crippen molar-refractivity contribution in [3.8, 4) is 5.75 Å². The first-order valence-corrected chi connectivity index (χ1v) is 7.43. The average molecular weight is 276 g/mol. The lowest BCUT2D eigenvalue weighted by molar-refractivity contribution is -0.137. The molecule has 4 nitrogen and oxygen atoms in total. The number of benzene rings is 1. The van der Waals surface area contributed by atoms with Gasteiger partial charge in [-0.05, 0) is 51.4 Å². The van der Waals surface area contributed by atoms with E-state index in [9.17, 15) is 4.79 Å². The van der Waals surface area contributed by atoms with E-state index < -0.39 is 0 Å². The topological polar surface area (TPSA) is 41.6 Å². The Morgan fingerprint density at radius 1 is 1.35 bits per heavy atom. The number of likely N-dealkylation sites (tertiary alicyclic amines) is 1. The van der Waals surface area contributed by atoms with E-state index >= 15 is 0 Å². The number of carbonyl (C=O) groups is 1. The molecule has 2 rings (SSSR count). The van der Waals surface area contributed by atoms with Crippen LogP contribution in [-0.2, 0) is 4.79 Å². The number of piperidine rings is 1. The summed E-state index contributed by atoms with van der Waals surface area (Å²) >= 11 is 0. The highest BCUT2D eigenvalue weighted by atomic mass is 16.5. The second-order valence-corrected chi connectivity index (χ2v) is 5.23. The van der Waals surface area contributed by atoms with Gasteiger partial charge < -0.3 is 15.0 Å². The minimum absolute atomic E-state index is 0.106. The van der Waals surface area contributed by atoms with Crippen LogP contribution in [0, 0.1) is 0 Å². The molecule has 20 heavy (non-hydrogen) atoms. The van der Waals surface area contributed by atoms with Crippen LogP contribution in [0.2, 0.25) is 0 Å². The maximum absolute atomic E-state index is 12.3. The number of hydrogen-bond donors (Lipinski definition) is 1. The molecule has 1 aliphatic rings. The maximum Gasteiger partial charge on any atom is 0.260 e. The Hall–Kier alpha value is -1.55. The normalized spacial score (nSPS) is 18.9. The second kappa shape index (κ2) is 7.90. The third-order valence-electron chi connectivity index (χ3n) is 3.78. The number of ether oxygens (including phenoxy) is 1. The van der Waals surface area contributed by atoms with Crippen LogP contribution in [-0.4, -0.2) is 43.6 Å². The zero-order valence-electron chi connectivity index (χ0n) is 12.2. The molecule has 1 heterocycles. The van der Waals surface area contributed by atoms with E-state index in [4.69, 9.17) is 4.74 Å². The summed E-state index contributed by atoms with van der Waals surface area (Å²) in [4.78, 5) is 14.3. The van der Waals surface area contributed by atoms with Crippen LogP contribution >= 0.6 is 0 Å². The number of rotatable bonds is 6. The largest absolute Gasteiger partial charge is 0.484 e. The van der Waals surface area contributed by atoms with Gasteiger partial charge in [0.05, 0.1) is 0 Å². The van der Waals surface area contributed by atoms with Crippen LogP contribution in [0.4, 0.5) is 0 Å². The Morgan fingerprint density at radius 2 is 2.15 bits per heavy atom. The summed E-state index contributed by atoms with van der Waals surface area (Å²) in [5.41, 5.74) is 0. The van der Waals surface area contributed by atoms with Crippen LogP contribution in [0.5, 0.6) is 5.75 Å². The molecule has 0 spiro atoms. The summed E-state index contributed by atoms with van der Waals surface area (Å²) in [6.45, 7) is 1.96. The zero-order valence-corrected chi connectivity index (χ0v) is 12.2. The Bertz CT molecular complexity index is 408. The fourth-order valence-electron chi connectivity index (χ4n) is 2.68. The molecule has 0 saturated carbocycles. The number of carbonyl (C=O) groups excluding carboxylic acids is 1. The fourth-order valence-corrected chi connectivity index (χ4v) is 2.68. The smallest absolute Gasteiger partial charge is 0.260 e. The molecule has 1 aliphatic heterocycles. The third-order valence-corrected chi connectivity index (χ3v) is 3.78. The van der Waals surface area contributed by atoms with Crippen LogP contribution in [0.3, 0.4) is 0 Å². The molecule has 1 aromatic carbocycles. The van der Waals surface area contributed by atoms with E-state index in [2.05, 4.69) is 5.32 Å². The number of hydrogen-bond acceptors (Lipinski definition) is 3. The molecule has 110 valence electrons. The third kappa shape index (κ3) is 4.23. The molecule has 1 amide bonds. The summed E-state index contributed by atoms with van der Waals surface area (Å²) < 4.78 is 5.57. The van der Waals surface area contributed by atoms with Gasteiger partial charge in [0.15, 0.2) is 6.61 Å². The minimum Gasteiger partial charge on any atom is -0.484 e. The predicted molar refractivity (Wildman–Crippen MR) is 79.8 cm³/mol. The number of nitrogens with zero attached hydrogens (tertiary/aromatic N) is 1. The van der Waals surface area contributed by atoms with Gasteiger partial charge >= 0.3 is 0 Å². The van der Waals surface area contributed by atoms with Crippen molar-refractivity contribution in [3.63, 3.8) is 0 Å². The molecule has 0 aliphatic carbocycles. The summed E-state index contributed by atoms with van der Waals surface area (Å²) in [6, 6.07) is 9.88. The van der Waals surface area contributed by atoms with Crippen molar-refractivity contribution in [2.75, 3.05) is 26.7 Å². The molecule has 0 aromatic heterocycles. The highest BCUT2D eigenvalue weighted by Crippen LogP contribution is 2.20. The molecular weight excluding hydrogens is 252 g/mol. The molecule has 1 unspecified atom stereocenters.